The van der Waals surface area contributed by atoms with Crippen molar-refractivity contribution in [3.8, 4) is 11.5 Å². The fourth-order valence-corrected chi connectivity index (χ4v) is 3.24. The zero-order chi connectivity index (χ0) is 18.8. The van der Waals surface area contributed by atoms with Gasteiger partial charge in [-0.25, -0.2) is 0 Å². The fraction of sp³-hybridized carbons (Fsp3) is 0.650. The van der Waals surface area contributed by atoms with Gasteiger partial charge in [-0.05, 0) is 45.4 Å². The van der Waals surface area contributed by atoms with E-state index in [1.165, 1.54) is 25.8 Å². The molecule has 146 valence electrons. The van der Waals surface area contributed by atoms with Gasteiger partial charge < -0.3 is 20.1 Å². The highest BCUT2D eigenvalue weighted by molar-refractivity contribution is 5.79. The number of hydrogen-bond donors (Lipinski definition) is 2. The minimum Gasteiger partial charge on any atom is -0.493 e. The maximum atomic E-state index is 5.97. The molecule has 0 saturated carbocycles. The quantitative estimate of drug-likeness (QED) is 0.550. The largest absolute Gasteiger partial charge is 0.493 e. The van der Waals surface area contributed by atoms with Crippen LogP contribution in [0.15, 0.2) is 29.3 Å². The molecule has 1 fully saturated rings. The second-order valence-electron chi connectivity index (χ2n) is 6.84. The molecule has 1 aliphatic rings. The van der Waals surface area contributed by atoms with E-state index in [4.69, 9.17) is 9.47 Å². The molecule has 1 aromatic carbocycles. The summed E-state index contributed by atoms with van der Waals surface area (Å²) in [6, 6.07) is 8.39. The van der Waals surface area contributed by atoms with Gasteiger partial charge in [-0.2, -0.15) is 0 Å². The Balaban J connectivity index is 1.70. The molecule has 2 N–H and O–H groups in total. The molecule has 0 bridgehead atoms. The number of guanidine groups is 1. The number of nitrogens with zero attached hydrogens (tertiary/aromatic N) is 2. The van der Waals surface area contributed by atoms with Crippen molar-refractivity contribution in [1.82, 2.24) is 15.5 Å². The second-order valence-corrected chi connectivity index (χ2v) is 6.84. The van der Waals surface area contributed by atoms with Gasteiger partial charge in [0.25, 0.3) is 0 Å². The van der Waals surface area contributed by atoms with Crippen LogP contribution in [0.4, 0.5) is 0 Å². The van der Waals surface area contributed by atoms with Gasteiger partial charge in [0, 0.05) is 26.2 Å². The third-order valence-electron chi connectivity index (χ3n) is 4.81. The first kappa shape index (κ1) is 20.4. The van der Waals surface area contributed by atoms with Crippen molar-refractivity contribution in [2.75, 3.05) is 40.3 Å². The SMILES string of the molecule is CN=C(NCCN1CCCCC1C)NCC(C)Oc1ccccc1OC. The van der Waals surface area contributed by atoms with Gasteiger partial charge in [0.05, 0.1) is 13.7 Å². The topological polar surface area (TPSA) is 58.1 Å². The molecular formula is C20H34N4O2. The van der Waals surface area contributed by atoms with Crippen molar-refractivity contribution < 1.29 is 9.47 Å². The number of piperidine rings is 1. The van der Waals surface area contributed by atoms with E-state index in [1.54, 1.807) is 14.2 Å². The van der Waals surface area contributed by atoms with E-state index in [2.05, 4.69) is 27.4 Å². The minimum absolute atomic E-state index is 0.00744. The third-order valence-corrected chi connectivity index (χ3v) is 4.81. The zero-order valence-corrected chi connectivity index (χ0v) is 16.6. The number of hydrogen-bond acceptors (Lipinski definition) is 4. The molecule has 2 atom stereocenters. The lowest BCUT2D eigenvalue weighted by Crippen LogP contribution is -2.46. The van der Waals surface area contributed by atoms with E-state index >= 15 is 0 Å². The summed E-state index contributed by atoms with van der Waals surface area (Å²) in [6.45, 7) is 8.17. The monoisotopic (exact) mass is 362 g/mol. The Morgan fingerprint density at radius 1 is 1.27 bits per heavy atom. The molecule has 1 saturated heterocycles. The van der Waals surface area contributed by atoms with Crippen molar-refractivity contribution in [1.29, 1.82) is 0 Å². The molecule has 0 aromatic heterocycles. The molecule has 6 heteroatoms. The van der Waals surface area contributed by atoms with Gasteiger partial charge in [0.1, 0.15) is 6.10 Å². The van der Waals surface area contributed by atoms with E-state index in [-0.39, 0.29) is 6.10 Å². The summed E-state index contributed by atoms with van der Waals surface area (Å²) in [7, 11) is 3.45. The van der Waals surface area contributed by atoms with Crippen LogP contribution in [0.25, 0.3) is 0 Å². The fourth-order valence-electron chi connectivity index (χ4n) is 3.24. The molecule has 0 amide bonds. The summed E-state index contributed by atoms with van der Waals surface area (Å²) in [4.78, 5) is 6.85. The molecule has 6 nitrogen and oxygen atoms in total. The van der Waals surface area contributed by atoms with Gasteiger partial charge in [-0.15, -0.1) is 0 Å². The summed E-state index contributed by atoms with van der Waals surface area (Å²) in [5.74, 6) is 2.31. The Morgan fingerprint density at radius 2 is 2.04 bits per heavy atom. The average molecular weight is 363 g/mol. The first-order chi connectivity index (χ1) is 12.6. The minimum atomic E-state index is -0.00744. The van der Waals surface area contributed by atoms with Gasteiger partial charge in [-0.3, -0.25) is 9.89 Å². The third kappa shape index (κ3) is 6.41. The lowest BCUT2D eigenvalue weighted by Gasteiger charge is -2.33. The molecule has 2 rings (SSSR count). The lowest BCUT2D eigenvalue weighted by atomic mass is 10.0. The average Bonchev–Trinajstić information content (AvgIpc) is 2.66. The Labute approximate surface area is 158 Å². The van der Waals surface area contributed by atoms with Gasteiger partial charge in [0.15, 0.2) is 17.5 Å². The Kier molecular flexibility index (Phi) is 8.54. The van der Waals surface area contributed by atoms with Crippen molar-refractivity contribution >= 4 is 5.96 Å². The van der Waals surface area contributed by atoms with Crippen LogP contribution in [-0.4, -0.2) is 63.3 Å². The van der Waals surface area contributed by atoms with Crippen molar-refractivity contribution in [2.45, 2.75) is 45.3 Å². The number of likely N-dealkylation sites (tertiary alicyclic amines) is 1. The highest BCUT2D eigenvalue weighted by Crippen LogP contribution is 2.26. The van der Waals surface area contributed by atoms with Crippen LogP contribution < -0.4 is 20.1 Å². The van der Waals surface area contributed by atoms with Crippen molar-refractivity contribution in [2.24, 2.45) is 4.99 Å². The second kappa shape index (κ2) is 10.9. The van der Waals surface area contributed by atoms with Crippen LogP contribution in [-0.2, 0) is 0 Å². The van der Waals surface area contributed by atoms with Crippen LogP contribution in [0.2, 0.25) is 0 Å². The summed E-state index contributed by atoms with van der Waals surface area (Å²) in [5.41, 5.74) is 0. The van der Waals surface area contributed by atoms with E-state index < -0.39 is 0 Å². The Bertz CT molecular complexity index is 564. The lowest BCUT2D eigenvalue weighted by molar-refractivity contribution is 0.163. The molecule has 0 aliphatic carbocycles. The smallest absolute Gasteiger partial charge is 0.191 e. The van der Waals surface area contributed by atoms with E-state index in [9.17, 15) is 0 Å². The van der Waals surface area contributed by atoms with Crippen LogP contribution in [0.1, 0.15) is 33.1 Å². The molecule has 0 spiro atoms. The number of methoxy groups -OCH3 is 1. The predicted octanol–water partition coefficient (Wildman–Crippen LogP) is 2.50. The Hall–Kier alpha value is -1.95. The molecular weight excluding hydrogens is 328 g/mol. The number of ether oxygens (including phenoxy) is 2. The van der Waals surface area contributed by atoms with Gasteiger partial charge in [-0.1, -0.05) is 18.6 Å². The first-order valence-electron chi connectivity index (χ1n) is 9.62. The maximum absolute atomic E-state index is 5.97. The maximum Gasteiger partial charge on any atom is 0.191 e. The standard InChI is InChI=1S/C20H34N4O2/c1-16-9-7-8-13-24(16)14-12-22-20(21-3)23-15-17(2)26-19-11-6-5-10-18(19)25-4/h5-6,10-11,16-17H,7-9,12-15H2,1-4H3,(H2,21,22,23). The first-order valence-corrected chi connectivity index (χ1v) is 9.62. The normalized spacial score (nSPS) is 19.7. The highest BCUT2D eigenvalue weighted by Gasteiger charge is 2.17. The van der Waals surface area contributed by atoms with E-state index in [0.29, 0.717) is 12.6 Å². The molecule has 1 aromatic rings. The summed E-state index contributed by atoms with van der Waals surface area (Å²) >= 11 is 0. The number of nitrogens with one attached hydrogen (secondary N) is 2. The highest BCUT2D eigenvalue weighted by atomic mass is 16.5. The van der Waals surface area contributed by atoms with Crippen molar-refractivity contribution in [3.05, 3.63) is 24.3 Å². The number of aliphatic imine (C=N–C) groups is 1. The molecule has 1 aliphatic heterocycles. The van der Waals surface area contributed by atoms with Crippen molar-refractivity contribution in [3.63, 3.8) is 0 Å². The van der Waals surface area contributed by atoms with Gasteiger partial charge >= 0.3 is 0 Å². The van der Waals surface area contributed by atoms with Crippen LogP contribution in [0.5, 0.6) is 11.5 Å². The van der Waals surface area contributed by atoms with E-state index in [0.717, 1.165) is 30.5 Å². The molecule has 2 unspecified atom stereocenters. The molecule has 0 radical (unpaired) electrons. The van der Waals surface area contributed by atoms with Crippen LogP contribution >= 0.6 is 0 Å². The van der Waals surface area contributed by atoms with Crippen LogP contribution in [0.3, 0.4) is 0 Å². The van der Waals surface area contributed by atoms with E-state index in [1.807, 2.05) is 31.2 Å². The summed E-state index contributed by atoms with van der Waals surface area (Å²) < 4.78 is 11.3. The summed E-state index contributed by atoms with van der Waals surface area (Å²) in [5, 5.41) is 6.73. The van der Waals surface area contributed by atoms with Gasteiger partial charge in [0.2, 0.25) is 0 Å². The Morgan fingerprint density at radius 3 is 2.73 bits per heavy atom. The summed E-state index contributed by atoms with van der Waals surface area (Å²) in [6.07, 6.45) is 3.98. The zero-order valence-electron chi connectivity index (χ0n) is 16.6. The van der Waals surface area contributed by atoms with Crippen LogP contribution in [0, 0.1) is 0 Å². The molecule has 26 heavy (non-hydrogen) atoms. The number of rotatable bonds is 8. The predicted molar refractivity (Wildman–Crippen MR) is 107 cm³/mol. The molecule has 1 heterocycles. The number of para-hydroxylation sites is 2. The number of benzene rings is 1.